The highest BCUT2D eigenvalue weighted by Crippen LogP contribution is 2.44. The standard InChI is InChI=1S/C28H34N2O5/c1-2-3-15-24(27(32)33)29-26(31)16-25(18-9-8-10-18)30-28(34)35-17-23-21-13-6-4-11-19(21)20-12-5-7-14-22(20)23/h4-7,11-14,18,23-25H,2-3,8-10,15-17H2,1H3,(H,29,31)(H,30,34)(H,32,33). The van der Waals surface area contributed by atoms with Gasteiger partial charge >= 0.3 is 12.1 Å². The van der Waals surface area contributed by atoms with Crippen molar-refractivity contribution in [3.05, 3.63) is 59.7 Å². The molecule has 7 nitrogen and oxygen atoms in total. The number of carbonyl (C=O) groups excluding carboxylic acids is 2. The molecule has 0 spiro atoms. The molecule has 186 valence electrons. The van der Waals surface area contributed by atoms with E-state index in [-0.39, 0.29) is 36.8 Å². The molecular formula is C28H34N2O5. The van der Waals surface area contributed by atoms with E-state index in [4.69, 9.17) is 4.74 Å². The number of fused-ring (bicyclic) bond motifs is 3. The number of carbonyl (C=O) groups is 3. The first-order valence-corrected chi connectivity index (χ1v) is 12.6. The van der Waals surface area contributed by atoms with Gasteiger partial charge in [0.1, 0.15) is 12.6 Å². The zero-order valence-corrected chi connectivity index (χ0v) is 20.2. The smallest absolute Gasteiger partial charge is 0.407 e. The third kappa shape index (κ3) is 5.84. The van der Waals surface area contributed by atoms with Gasteiger partial charge in [0.05, 0.1) is 0 Å². The summed E-state index contributed by atoms with van der Waals surface area (Å²) in [6.45, 7) is 2.19. The quantitative estimate of drug-likeness (QED) is 0.429. The highest BCUT2D eigenvalue weighted by Gasteiger charge is 2.33. The van der Waals surface area contributed by atoms with Gasteiger partial charge in [0, 0.05) is 18.4 Å². The van der Waals surface area contributed by atoms with Crippen molar-refractivity contribution in [2.75, 3.05) is 6.61 Å². The van der Waals surface area contributed by atoms with Crippen molar-refractivity contribution in [3.63, 3.8) is 0 Å². The number of ether oxygens (including phenoxy) is 1. The third-order valence-electron chi connectivity index (χ3n) is 7.25. The molecule has 4 rings (SSSR count). The summed E-state index contributed by atoms with van der Waals surface area (Å²) in [6.07, 6.45) is 4.39. The van der Waals surface area contributed by atoms with Crippen LogP contribution in [-0.2, 0) is 14.3 Å². The Kier molecular flexibility index (Phi) is 8.06. The molecule has 2 aromatic rings. The van der Waals surface area contributed by atoms with E-state index in [1.165, 1.54) is 0 Å². The molecule has 7 heteroatoms. The number of carboxylic acids is 1. The van der Waals surface area contributed by atoms with Crippen molar-refractivity contribution >= 4 is 18.0 Å². The Hall–Kier alpha value is -3.35. The van der Waals surface area contributed by atoms with Crippen molar-refractivity contribution in [2.45, 2.75) is 69.9 Å². The van der Waals surface area contributed by atoms with Crippen LogP contribution in [0.3, 0.4) is 0 Å². The molecule has 1 saturated carbocycles. The number of aliphatic carboxylic acids is 1. The van der Waals surface area contributed by atoms with Gasteiger partial charge in [-0.3, -0.25) is 4.79 Å². The Balaban J connectivity index is 1.36. The average Bonchev–Trinajstić information content (AvgIpc) is 3.13. The van der Waals surface area contributed by atoms with E-state index in [1.54, 1.807) is 0 Å². The molecule has 0 radical (unpaired) electrons. The summed E-state index contributed by atoms with van der Waals surface area (Å²) >= 11 is 0. The van der Waals surface area contributed by atoms with E-state index in [1.807, 2.05) is 31.2 Å². The van der Waals surface area contributed by atoms with Gasteiger partial charge in [0.25, 0.3) is 0 Å². The molecule has 0 heterocycles. The van der Waals surface area contributed by atoms with Gasteiger partial charge in [-0.2, -0.15) is 0 Å². The molecular weight excluding hydrogens is 444 g/mol. The molecule has 0 saturated heterocycles. The lowest BCUT2D eigenvalue weighted by molar-refractivity contribution is -0.142. The minimum atomic E-state index is -1.03. The highest BCUT2D eigenvalue weighted by atomic mass is 16.5. The molecule has 2 aliphatic rings. The van der Waals surface area contributed by atoms with E-state index < -0.39 is 18.1 Å². The number of benzene rings is 2. The lowest BCUT2D eigenvalue weighted by atomic mass is 9.78. The summed E-state index contributed by atoms with van der Waals surface area (Å²) in [5.41, 5.74) is 4.61. The second kappa shape index (κ2) is 11.4. The highest BCUT2D eigenvalue weighted by molar-refractivity contribution is 5.84. The number of hydrogen-bond acceptors (Lipinski definition) is 4. The number of nitrogens with one attached hydrogen (secondary N) is 2. The van der Waals surface area contributed by atoms with Crippen LogP contribution >= 0.6 is 0 Å². The molecule has 2 unspecified atom stereocenters. The van der Waals surface area contributed by atoms with Crippen molar-refractivity contribution in [3.8, 4) is 11.1 Å². The maximum Gasteiger partial charge on any atom is 0.407 e. The number of hydrogen-bond donors (Lipinski definition) is 3. The van der Waals surface area contributed by atoms with Crippen LogP contribution in [0.5, 0.6) is 0 Å². The van der Waals surface area contributed by atoms with Crippen LogP contribution in [0, 0.1) is 5.92 Å². The number of alkyl carbamates (subject to hydrolysis) is 1. The van der Waals surface area contributed by atoms with E-state index in [0.29, 0.717) is 6.42 Å². The van der Waals surface area contributed by atoms with Gasteiger partial charge in [0.15, 0.2) is 0 Å². The second-order valence-corrected chi connectivity index (χ2v) is 9.57. The fourth-order valence-corrected chi connectivity index (χ4v) is 5.09. The van der Waals surface area contributed by atoms with E-state index in [0.717, 1.165) is 54.4 Å². The molecule has 2 aromatic carbocycles. The summed E-state index contributed by atoms with van der Waals surface area (Å²) < 4.78 is 5.67. The molecule has 0 aliphatic heterocycles. The van der Waals surface area contributed by atoms with Gasteiger partial charge in [-0.1, -0.05) is 74.7 Å². The van der Waals surface area contributed by atoms with Crippen molar-refractivity contribution in [1.82, 2.24) is 10.6 Å². The summed E-state index contributed by atoms with van der Waals surface area (Å²) in [6, 6.07) is 15.0. The Morgan fingerprint density at radius 2 is 1.63 bits per heavy atom. The maximum atomic E-state index is 12.8. The fourth-order valence-electron chi connectivity index (χ4n) is 5.09. The lowest BCUT2D eigenvalue weighted by Gasteiger charge is -2.34. The minimum absolute atomic E-state index is 0.0338. The van der Waals surface area contributed by atoms with Gasteiger partial charge in [-0.25, -0.2) is 9.59 Å². The first kappa shape index (κ1) is 24.8. The second-order valence-electron chi connectivity index (χ2n) is 9.57. The predicted octanol–water partition coefficient (Wildman–Crippen LogP) is 4.84. The van der Waals surface area contributed by atoms with Crippen LogP contribution in [0.15, 0.2) is 48.5 Å². The van der Waals surface area contributed by atoms with Crippen LogP contribution in [0.25, 0.3) is 11.1 Å². The Bertz CT molecular complexity index is 1020. The Labute approximate surface area is 206 Å². The first-order chi connectivity index (χ1) is 17.0. The van der Waals surface area contributed by atoms with E-state index >= 15 is 0 Å². The third-order valence-corrected chi connectivity index (χ3v) is 7.25. The minimum Gasteiger partial charge on any atom is -0.480 e. The molecule has 35 heavy (non-hydrogen) atoms. The van der Waals surface area contributed by atoms with Gasteiger partial charge in [-0.05, 0) is 47.4 Å². The molecule has 3 N–H and O–H groups in total. The summed E-state index contributed by atoms with van der Waals surface area (Å²) in [5.74, 6) is -1.23. The van der Waals surface area contributed by atoms with E-state index in [9.17, 15) is 19.5 Å². The molecule has 1 fully saturated rings. The zero-order chi connectivity index (χ0) is 24.8. The molecule has 0 aromatic heterocycles. The number of unbranched alkanes of at least 4 members (excludes halogenated alkanes) is 1. The van der Waals surface area contributed by atoms with Gasteiger partial charge in [-0.15, -0.1) is 0 Å². The fraction of sp³-hybridized carbons (Fsp3) is 0.464. The zero-order valence-electron chi connectivity index (χ0n) is 20.2. The Morgan fingerprint density at radius 3 is 2.17 bits per heavy atom. The maximum absolute atomic E-state index is 12.8. The molecule has 2 amide bonds. The number of rotatable bonds is 11. The largest absolute Gasteiger partial charge is 0.480 e. The number of carboxylic acid groups (broad SMARTS) is 1. The monoisotopic (exact) mass is 478 g/mol. The molecule has 0 bridgehead atoms. The normalized spacial score (nSPS) is 16.4. The van der Waals surface area contributed by atoms with Crippen LogP contribution in [0.1, 0.15) is 68.9 Å². The van der Waals surface area contributed by atoms with Gasteiger partial charge < -0.3 is 20.5 Å². The van der Waals surface area contributed by atoms with Gasteiger partial charge in [0.2, 0.25) is 5.91 Å². The summed E-state index contributed by atoms with van der Waals surface area (Å²) in [7, 11) is 0. The van der Waals surface area contributed by atoms with E-state index in [2.05, 4.69) is 34.9 Å². The predicted molar refractivity (Wildman–Crippen MR) is 133 cm³/mol. The van der Waals surface area contributed by atoms with Crippen molar-refractivity contribution in [2.24, 2.45) is 5.92 Å². The first-order valence-electron chi connectivity index (χ1n) is 12.6. The SMILES string of the molecule is CCCCC(NC(=O)CC(NC(=O)OCC1c2ccccc2-c2ccccc21)C1CCC1)C(=O)O. The van der Waals surface area contributed by atoms with Crippen LogP contribution in [0.2, 0.25) is 0 Å². The summed E-state index contributed by atoms with van der Waals surface area (Å²) in [4.78, 5) is 36.9. The van der Waals surface area contributed by atoms with Crippen LogP contribution < -0.4 is 10.6 Å². The van der Waals surface area contributed by atoms with Crippen molar-refractivity contribution < 1.29 is 24.2 Å². The summed E-state index contributed by atoms with van der Waals surface area (Å²) in [5, 5.41) is 14.9. The lowest BCUT2D eigenvalue weighted by Crippen LogP contribution is -2.48. The van der Waals surface area contributed by atoms with Crippen molar-refractivity contribution in [1.29, 1.82) is 0 Å². The van der Waals surface area contributed by atoms with Crippen LogP contribution in [-0.4, -0.2) is 41.8 Å². The number of amides is 2. The van der Waals surface area contributed by atoms with Crippen LogP contribution in [0.4, 0.5) is 4.79 Å². The topological polar surface area (TPSA) is 105 Å². The average molecular weight is 479 g/mol. The molecule has 2 atom stereocenters. The molecule has 2 aliphatic carbocycles. The Morgan fingerprint density at radius 1 is 1.00 bits per heavy atom.